The molecule has 0 unspecified atom stereocenters. The second-order valence-corrected chi connectivity index (χ2v) is 4.63. The molecule has 0 saturated heterocycles. The molecule has 0 bridgehead atoms. The van der Waals surface area contributed by atoms with Crippen molar-refractivity contribution < 1.29 is 9.15 Å². The minimum absolute atomic E-state index is 0.159. The van der Waals surface area contributed by atoms with E-state index in [4.69, 9.17) is 9.15 Å². The average Bonchev–Trinajstić information content (AvgIpc) is 2.65. The predicted molar refractivity (Wildman–Crippen MR) is 60.6 cm³/mol. The molecule has 2 aliphatic rings. The van der Waals surface area contributed by atoms with Crippen molar-refractivity contribution >= 4 is 6.08 Å². The van der Waals surface area contributed by atoms with Crippen LogP contribution >= 0.6 is 0 Å². The summed E-state index contributed by atoms with van der Waals surface area (Å²) in [6.07, 6.45) is 8.36. The average molecular weight is 218 g/mol. The van der Waals surface area contributed by atoms with Crippen molar-refractivity contribution in [3.63, 3.8) is 0 Å². The Bertz CT molecular complexity index is 504. The van der Waals surface area contributed by atoms with E-state index in [1.54, 1.807) is 13.0 Å². The van der Waals surface area contributed by atoms with E-state index in [0.717, 1.165) is 12.8 Å². The van der Waals surface area contributed by atoms with Crippen LogP contribution in [0.15, 0.2) is 21.4 Å². The fraction of sp³-hybridized carbons (Fsp3) is 0.462. The van der Waals surface area contributed by atoms with E-state index in [9.17, 15) is 4.79 Å². The molecule has 0 N–H and O–H groups in total. The molecule has 0 amide bonds. The number of ether oxygens (including phenoxy) is 1. The molecule has 0 aromatic carbocycles. The van der Waals surface area contributed by atoms with Gasteiger partial charge >= 0.3 is 5.63 Å². The van der Waals surface area contributed by atoms with Gasteiger partial charge in [0.1, 0.15) is 22.7 Å². The highest BCUT2D eigenvalue weighted by atomic mass is 16.5. The monoisotopic (exact) mass is 218 g/mol. The fourth-order valence-corrected chi connectivity index (χ4v) is 2.56. The second kappa shape index (κ2) is 3.24. The standard InChI is InChI=1S/C13H14O3/c1-9-8-11-10(12(14)15-9)4-7-13(16-11)5-2-3-6-13/h4,7-8H,2-3,5-6H2,1H3. The van der Waals surface area contributed by atoms with Gasteiger partial charge in [0.2, 0.25) is 0 Å². The van der Waals surface area contributed by atoms with E-state index in [-0.39, 0.29) is 11.2 Å². The Morgan fingerprint density at radius 1 is 1.31 bits per heavy atom. The highest BCUT2D eigenvalue weighted by molar-refractivity contribution is 5.59. The van der Waals surface area contributed by atoms with Crippen molar-refractivity contribution in [3.05, 3.63) is 33.9 Å². The molecule has 1 aliphatic carbocycles. The molecule has 16 heavy (non-hydrogen) atoms. The van der Waals surface area contributed by atoms with Crippen LogP contribution < -0.4 is 10.4 Å². The van der Waals surface area contributed by atoms with Crippen LogP contribution in [0.2, 0.25) is 0 Å². The Hall–Kier alpha value is -1.51. The van der Waals surface area contributed by atoms with E-state index in [1.165, 1.54) is 12.8 Å². The summed E-state index contributed by atoms with van der Waals surface area (Å²) in [5, 5.41) is 0. The van der Waals surface area contributed by atoms with E-state index in [1.807, 2.05) is 12.2 Å². The largest absolute Gasteiger partial charge is 0.482 e. The zero-order valence-electron chi connectivity index (χ0n) is 9.29. The zero-order chi connectivity index (χ0) is 11.2. The number of hydrogen-bond donors (Lipinski definition) is 0. The third kappa shape index (κ3) is 1.39. The maximum atomic E-state index is 11.6. The van der Waals surface area contributed by atoms with Gasteiger partial charge in [-0.2, -0.15) is 0 Å². The van der Waals surface area contributed by atoms with Crippen LogP contribution in [0.3, 0.4) is 0 Å². The molecule has 1 aliphatic heterocycles. The fourth-order valence-electron chi connectivity index (χ4n) is 2.56. The lowest BCUT2D eigenvalue weighted by molar-refractivity contribution is 0.123. The van der Waals surface area contributed by atoms with Crippen molar-refractivity contribution in [1.82, 2.24) is 0 Å². The molecule has 3 rings (SSSR count). The first kappa shape index (κ1) is 9.70. The van der Waals surface area contributed by atoms with Crippen LogP contribution in [0.4, 0.5) is 0 Å². The van der Waals surface area contributed by atoms with Gasteiger partial charge < -0.3 is 9.15 Å². The summed E-state index contributed by atoms with van der Waals surface area (Å²) in [4.78, 5) is 11.6. The van der Waals surface area contributed by atoms with Crippen LogP contribution in [0.25, 0.3) is 6.08 Å². The molecule has 1 fully saturated rings. The van der Waals surface area contributed by atoms with Crippen molar-refractivity contribution in [3.8, 4) is 5.75 Å². The topological polar surface area (TPSA) is 39.4 Å². The molecular formula is C13H14O3. The van der Waals surface area contributed by atoms with Crippen LogP contribution in [0.1, 0.15) is 37.0 Å². The maximum Gasteiger partial charge on any atom is 0.346 e. The molecule has 3 heteroatoms. The molecule has 1 aromatic heterocycles. The van der Waals surface area contributed by atoms with Crippen molar-refractivity contribution in [2.45, 2.75) is 38.2 Å². The van der Waals surface area contributed by atoms with Gasteiger partial charge in [0, 0.05) is 6.07 Å². The number of aryl methyl sites for hydroxylation is 1. The molecule has 0 radical (unpaired) electrons. The first-order chi connectivity index (χ1) is 7.69. The van der Waals surface area contributed by atoms with Gasteiger partial charge in [-0.15, -0.1) is 0 Å². The lowest BCUT2D eigenvalue weighted by atomic mass is 9.97. The van der Waals surface area contributed by atoms with Crippen LogP contribution in [-0.2, 0) is 0 Å². The first-order valence-electron chi connectivity index (χ1n) is 5.72. The van der Waals surface area contributed by atoms with Crippen LogP contribution in [0, 0.1) is 6.92 Å². The van der Waals surface area contributed by atoms with E-state index < -0.39 is 0 Å². The van der Waals surface area contributed by atoms with Gasteiger partial charge in [0.25, 0.3) is 0 Å². The Morgan fingerprint density at radius 3 is 2.81 bits per heavy atom. The van der Waals surface area contributed by atoms with E-state index in [0.29, 0.717) is 17.1 Å². The number of fused-ring (bicyclic) bond motifs is 1. The Kier molecular flexibility index (Phi) is 1.96. The summed E-state index contributed by atoms with van der Waals surface area (Å²) in [6.45, 7) is 1.77. The van der Waals surface area contributed by atoms with Gasteiger partial charge in [-0.1, -0.05) is 0 Å². The highest BCUT2D eigenvalue weighted by Crippen LogP contribution is 2.40. The molecule has 2 heterocycles. The highest BCUT2D eigenvalue weighted by Gasteiger charge is 2.36. The van der Waals surface area contributed by atoms with Gasteiger partial charge in [-0.05, 0) is 44.8 Å². The molecular weight excluding hydrogens is 204 g/mol. The maximum absolute atomic E-state index is 11.6. The molecule has 3 nitrogen and oxygen atoms in total. The summed E-state index contributed by atoms with van der Waals surface area (Å²) in [5.74, 6) is 1.28. The minimum atomic E-state index is -0.306. The predicted octanol–water partition coefficient (Wildman–Crippen LogP) is 2.67. The van der Waals surface area contributed by atoms with Crippen LogP contribution in [0.5, 0.6) is 5.75 Å². The third-order valence-electron chi connectivity index (χ3n) is 3.39. The van der Waals surface area contributed by atoms with Gasteiger partial charge in [-0.3, -0.25) is 0 Å². The first-order valence-corrected chi connectivity index (χ1v) is 5.72. The van der Waals surface area contributed by atoms with Crippen molar-refractivity contribution in [1.29, 1.82) is 0 Å². The molecule has 1 aromatic rings. The normalized spacial score (nSPS) is 20.8. The van der Waals surface area contributed by atoms with Crippen molar-refractivity contribution in [2.24, 2.45) is 0 Å². The Labute approximate surface area is 93.7 Å². The third-order valence-corrected chi connectivity index (χ3v) is 3.39. The van der Waals surface area contributed by atoms with E-state index in [2.05, 4.69) is 0 Å². The van der Waals surface area contributed by atoms with E-state index >= 15 is 0 Å². The summed E-state index contributed by atoms with van der Waals surface area (Å²) >= 11 is 0. The van der Waals surface area contributed by atoms with Crippen LogP contribution in [-0.4, -0.2) is 5.60 Å². The summed E-state index contributed by atoms with van der Waals surface area (Å²) < 4.78 is 11.0. The quantitative estimate of drug-likeness (QED) is 0.672. The molecule has 0 atom stereocenters. The molecule has 84 valence electrons. The van der Waals surface area contributed by atoms with Crippen molar-refractivity contribution in [2.75, 3.05) is 0 Å². The summed E-state index contributed by atoms with van der Waals surface area (Å²) in [5.41, 5.74) is 0.0787. The smallest absolute Gasteiger partial charge is 0.346 e. The van der Waals surface area contributed by atoms with Gasteiger partial charge in [0.15, 0.2) is 0 Å². The Balaban J connectivity index is 2.09. The SMILES string of the molecule is Cc1cc2c(c(=O)o1)C=CC1(CCCC1)O2. The number of hydrogen-bond acceptors (Lipinski definition) is 3. The lowest BCUT2D eigenvalue weighted by Crippen LogP contribution is -2.33. The lowest BCUT2D eigenvalue weighted by Gasteiger charge is -2.30. The molecule has 1 saturated carbocycles. The summed E-state index contributed by atoms with van der Waals surface area (Å²) in [7, 11) is 0. The summed E-state index contributed by atoms with van der Waals surface area (Å²) in [6, 6.07) is 1.81. The Morgan fingerprint density at radius 2 is 2.06 bits per heavy atom. The second-order valence-electron chi connectivity index (χ2n) is 4.63. The molecule has 1 spiro atoms. The van der Waals surface area contributed by atoms with Gasteiger partial charge in [0.05, 0.1) is 0 Å². The van der Waals surface area contributed by atoms with Gasteiger partial charge in [-0.25, -0.2) is 4.79 Å². The zero-order valence-corrected chi connectivity index (χ0v) is 9.29. The number of rotatable bonds is 0. The minimum Gasteiger partial charge on any atom is -0.482 e.